The molecule has 2 aliphatic heterocycles. The first kappa shape index (κ1) is 18.5. The first-order valence-electron chi connectivity index (χ1n) is 9.29. The van der Waals surface area contributed by atoms with E-state index in [4.69, 9.17) is 0 Å². The number of amides is 2. The molecule has 0 saturated carbocycles. The highest BCUT2D eigenvalue weighted by Crippen LogP contribution is 2.28. The van der Waals surface area contributed by atoms with Gasteiger partial charge in [-0.05, 0) is 24.1 Å². The number of halogens is 2. The number of hydrogen-bond acceptors (Lipinski definition) is 4. The van der Waals surface area contributed by atoms with Gasteiger partial charge in [0.05, 0.1) is 24.0 Å². The van der Waals surface area contributed by atoms with Crippen LogP contribution in [0.2, 0.25) is 0 Å². The van der Waals surface area contributed by atoms with E-state index in [1.807, 2.05) is 0 Å². The summed E-state index contributed by atoms with van der Waals surface area (Å²) < 4.78 is 28.2. The number of fused-ring (bicyclic) bond motifs is 1. The Hall–Kier alpha value is -2.84. The van der Waals surface area contributed by atoms with Gasteiger partial charge in [-0.3, -0.25) is 9.59 Å². The van der Waals surface area contributed by atoms with Gasteiger partial charge < -0.3 is 9.80 Å². The second-order valence-corrected chi connectivity index (χ2v) is 7.27. The smallest absolute Gasteiger partial charge is 0.255 e. The molecule has 0 radical (unpaired) electrons. The Kier molecular flexibility index (Phi) is 4.60. The number of pyridine rings is 1. The third-order valence-electron chi connectivity index (χ3n) is 5.39. The van der Waals surface area contributed by atoms with Crippen LogP contribution in [0, 0.1) is 0 Å². The maximum absolute atomic E-state index is 13.3. The van der Waals surface area contributed by atoms with Gasteiger partial charge in [-0.15, -0.1) is 0 Å². The van der Waals surface area contributed by atoms with Crippen molar-refractivity contribution in [3.63, 3.8) is 0 Å². The van der Waals surface area contributed by atoms with Crippen molar-refractivity contribution in [3.8, 4) is 5.82 Å². The van der Waals surface area contributed by atoms with Crippen molar-refractivity contribution in [3.05, 3.63) is 41.3 Å². The molecule has 1 fully saturated rings. The van der Waals surface area contributed by atoms with E-state index in [1.54, 1.807) is 34.8 Å². The van der Waals surface area contributed by atoms with Crippen LogP contribution in [-0.4, -0.2) is 61.9 Å². The molecule has 1 saturated heterocycles. The zero-order chi connectivity index (χ0) is 19.9. The Balaban J connectivity index is 1.51. The summed E-state index contributed by atoms with van der Waals surface area (Å²) in [6.45, 7) is 2.77. The fourth-order valence-corrected chi connectivity index (χ4v) is 3.62. The lowest BCUT2D eigenvalue weighted by atomic mass is 10.1. The van der Waals surface area contributed by atoms with Crippen LogP contribution in [0.25, 0.3) is 5.82 Å². The van der Waals surface area contributed by atoms with Gasteiger partial charge in [0, 0.05) is 45.6 Å². The number of likely N-dealkylation sites (tertiary alicyclic amines) is 1. The van der Waals surface area contributed by atoms with E-state index in [0.717, 1.165) is 17.7 Å². The van der Waals surface area contributed by atoms with Crippen molar-refractivity contribution in [2.75, 3.05) is 19.6 Å². The molecule has 0 spiro atoms. The number of carbonyl (C=O) groups is 2. The van der Waals surface area contributed by atoms with Gasteiger partial charge in [-0.1, -0.05) is 0 Å². The van der Waals surface area contributed by atoms with Crippen LogP contribution in [0.5, 0.6) is 0 Å². The van der Waals surface area contributed by atoms with Crippen molar-refractivity contribution in [2.45, 2.75) is 38.7 Å². The fraction of sp³-hybridized carbons (Fsp3) is 0.474. The number of alkyl halides is 2. The van der Waals surface area contributed by atoms with Gasteiger partial charge in [-0.25, -0.2) is 18.4 Å². The Morgan fingerprint density at radius 2 is 1.82 bits per heavy atom. The maximum atomic E-state index is 13.3. The average Bonchev–Trinajstić information content (AvgIpc) is 3.11. The molecule has 9 heteroatoms. The number of nitrogens with zero attached hydrogens (tertiary/aromatic N) is 5. The van der Waals surface area contributed by atoms with Gasteiger partial charge in [0.1, 0.15) is 0 Å². The summed E-state index contributed by atoms with van der Waals surface area (Å²) in [6.07, 6.45) is 3.35. The molecule has 4 rings (SSSR count). The molecule has 0 atom stereocenters. The minimum Gasteiger partial charge on any atom is -0.338 e. The molecule has 28 heavy (non-hydrogen) atoms. The molecule has 0 aliphatic carbocycles. The van der Waals surface area contributed by atoms with E-state index >= 15 is 0 Å². The minimum absolute atomic E-state index is 0.0133. The zero-order valence-electron chi connectivity index (χ0n) is 15.6. The summed E-state index contributed by atoms with van der Waals surface area (Å²) in [5, 5.41) is 4.38. The number of aromatic nitrogens is 3. The Morgan fingerprint density at radius 1 is 1.07 bits per heavy atom. The van der Waals surface area contributed by atoms with Crippen molar-refractivity contribution >= 4 is 11.8 Å². The van der Waals surface area contributed by atoms with Gasteiger partial charge >= 0.3 is 0 Å². The molecule has 2 aromatic heterocycles. The molecule has 0 N–H and O–H groups in total. The SMILES string of the molecule is CC(=O)N1CCc2cnn(-c3ccc(C(=O)N4CCC(F)(F)CC4)cn3)c2C1. The molecule has 0 bridgehead atoms. The van der Waals surface area contributed by atoms with Crippen molar-refractivity contribution in [1.29, 1.82) is 0 Å². The maximum Gasteiger partial charge on any atom is 0.255 e. The Bertz CT molecular complexity index is 900. The quantitative estimate of drug-likeness (QED) is 0.788. The highest BCUT2D eigenvalue weighted by molar-refractivity contribution is 5.94. The standard InChI is InChI=1S/C19H21F2N5O2/c1-13(27)25-7-4-14-11-23-26(16(14)12-25)17-3-2-15(10-22-17)18(28)24-8-5-19(20,21)6-9-24/h2-3,10-11H,4-9,12H2,1H3. The monoisotopic (exact) mass is 389 g/mol. The molecule has 7 nitrogen and oxygen atoms in total. The third kappa shape index (κ3) is 3.48. The van der Waals surface area contributed by atoms with E-state index < -0.39 is 5.92 Å². The molecular weight excluding hydrogens is 368 g/mol. The van der Waals surface area contributed by atoms with Crippen molar-refractivity contribution in [2.24, 2.45) is 0 Å². The lowest BCUT2D eigenvalue weighted by Gasteiger charge is -2.31. The number of carbonyl (C=O) groups excluding carboxylic acids is 2. The first-order valence-corrected chi connectivity index (χ1v) is 9.29. The zero-order valence-corrected chi connectivity index (χ0v) is 15.6. The van der Waals surface area contributed by atoms with Gasteiger partial charge in [0.2, 0.25) is 5.91 Å². The molecule has 2 aromatic rings. The first-order chi connectivity index (χ1) is 13.3. The molecule has 148 valence electrons. The van der Waals surface area contributed by atoms with Crippen LogP contribution < -0.4 is 0 Å². The Morgan fingerprint density at radius 3 is 2.46 bits per heavy atom. The summed E-state index contributed by atoms with van der Waals surface area (Å²) in [7, 11) is 0. The predicted octanol–water partition coefficient (Wildman–Crippen LogP) is 2.04. The molecule has 2 amide bonds. The Labute approximate surface area is 160 Å². The van der Waals surface area contributed by atoms with Crippen molar-refractivity contribution < 1.29 is 18.4 Å². The second kappa shape index (κ2) is 6.96. The minimum atomic E-state index is -2.69. The van der Waals surface area contributed by atoms with Crippen LogP contribution in [0.4, 0.5) is 8.78 Å². The van der Waals surface area contributed by atoms with Crippen LogP contribution in [0.1, 0.15) is 41.4 Å². The van der Waals surface area contributed by atoms with E-state index in [1.165, 1.54) is 11.1 Å². The van der Waals surface area contributed by atoms with E-state index in [2.05, 4.69) is 10.1 Å². The average molecular weight is 389 g/mol. The summed E-state index contributed by atoms with van der Waals surface area (Å²) in [6, 6.07) is 3.32. The van der Waals surface area contributed by atoms with Crippen LogP contribution in [-0.2, 0) is 17.8 Å². The van der Waals surface area contributed by atoms with Crippen LogP contribution >= 0.6 is 0 Å². The fourth-order valence-electron chi connectivity index (χ4n) is 3.62. The van der Waals surface area contributed by atoms with Gasteiger partial charge in [0.25, 0.3) is 11.8 Å². The molecule has 4 heterocycles. The molecule has 0 unspecified atom stereocenters. The van der Waals surface area contributed by atoms with E-state index in [-0.39, 0.29) is 37.7 Å². The topological polar surface area (TPSA) is 71.3 Å². The number of rotatable bonds is 2. The third-order valence-corrected chi connectivity index (χ3v) is 5.39. The highest BCUT2D eigenvalue weighted by atomic mass is 19.3. The second-order valence-electron chi connectivity index (χ2n) is 7.27. The number of hydrogen-bond donors (Lipinski definition) is 0. The van der Waals surface area contributed by atoms with E-state index in [0.29, 0.717) is 24.5 Å². The summed E-state index contributed by atoms with van der Waals surface area (Å²) in [5.74, 6) is -2.42. The van der Waals surface area contributed by atoms with Crippen LogP contribution in [0.3, 0.4) is 0 Å². The summed E-state index contributed by atoms with van der Waals surface area (Å²) in [4.78, 5) is 31.8. The number of piperidine rings is 1. The molecular formula is C19H21F2N5O2. The lowest BCUT2D eigenvalue weighted by Crippen LogP contribution is -2.42. The predicted molar refractivity (Wildman–Crippen MR) is 96.2 cm³/mol. The van der Waals surface area contributed by atoms with Gasteiger partial charge in [0.15, 0.2) is 5.82 Å². The van der Waals surface area contributed by atoms with Crippen molar-refractivity contribution in [1.82, 2.24) is 24.6 Å². The normalized spacial score (nSPS) is 18.7. The summed E-state index contributed by atoms with van der Waals surface area (Å²) in [5.41, 5.74) is 2.35. The summed E-state index contributed by atoms with van der Waals surface area (Å²) >= 11 is 0. The highest BCUT2D eigenvalue weighted by Gasteiger charge is 2.35. The molecule has 2 aliphatic rings. The lowest BCUT2D eigenvalue weighted by molar-refractivity contribution is -0.129. The largest absolute Gasteiger partial charge is 0.338 e. The molecule has 0 aromatic carbocycles. The van der Waals surface area contributed by atoms with Crippen LogP contribution in [0.15, 0.2) is 24.5 Å². The van der Waals surface area contributed by atoms with Gasteiger partial charge in [-0.2, -0.15) is 5.10 Å². The van der Waals surface area contributed by atoms with E-state index in [9.17, 15) is 18.4 Å².